The van der Waals surface area contributed by atoms with Crippen LogP contribution < -0.4 is 0 Å². The van der Waals surface area contributed by atoms with Crippen molar-refractivity contribution in [1.29, 1.82) is 0 Å². The van der Waals surface area contributed by atoms with Gasteiger partial charge in [-0.2, -0.15) is 0 Å². The Balaban J connectivity index is 1.47. The summed E-state index contributed by atoms with van der Waals surface area (Å²) in [6.07, 6.45) is 11.9. The molecule has 2 heterocycles. The van der Waals surface area contributed by atoms with Crippen LogP contribution in [0.4, 0.5) is 0 Å². The van der Waals surface area contributed by atoms with Gasteiger partial charge in [0.25, 0.3) is 0 Å². The van der Waals surface area contributed by atoms with Gasteiger partial charge in [0.2, 0.25) is 0 Å². The van der Waals surface area contributed by atoms with Gasteiger partial charge in [-0.25, -0.2) is 0 Å². The van der Waals surface area contributed by atoms with E-state index >= 15 is 0 Å². The number of fused-ring (bicyclic) bond motifs is 1. The number of furan rings is 1. The van der Waals surface area contributed by atoms with Crippen LogP contribution in [0, 0.1) is 28.6 Å². The Bertz CT molecular complexity index is 820. The summed E-state index contributed by atoms with van der Waals surface area (Å²) in [5, 5.41) is 0. The first-order valence-corrected chi connectivity index (χ1v) is 12.8. The van der Waals surface area contributed by atoms with Crippen LogP contribution in [-0.2, 0) is 22.5 Å². The van der Waals surface area contributed by atoms with E-state index in [0.717, 1.165) is 56.7 Å². The minimum atomic E-state index is -0.368. The zero-order chi connectivity index (χ0) is 22.9. The largest absolute Gasteiger partial charge is 0.469 e. The van der Waals surface area contributed by atoms with Gasteiger partial charge < -0.3 is 9.15 Å². The standard InChI is InChI=1S/C28H43NO3/c1-20-11-16-29(17-12-20)19-24-22(13-18-32-24)8-9-23-21(2)7-10-25-27(23,3)14-6-15-28(25,4)26(30)31-5/h13,18,20,23,25H,2,6-12,14-17,19H2,1,3-5H3/t23-,25+,27+,28+/m0/s1. The molecule has 1 aliphatic heterocycles. The fraction of sp³-hybridized carbons (Fsp3) is 0.750. The number of hydrogen-bond donors (Lipinski definition) is 0. The van der Waals surface area contributed by atoms with E-state index in [2.05, 4.69) is 38.3 Å². The molecule has 2 saturated carbocycles. The van der Waals surface area contributed by atoms with Crippen LogP contribution in [0.5, 0.6) is 0 Å². The molecule has 1 aromatic heterocycles. The predicted molar refractivity (Wildman–Crippen MR) is 128 cm³/mol. The summed E-state index contributed by atoms with van der Waals surface area (Å²) in [5.41, 5.74) is 2.48. The van der Waals surface area contributed by atoms with E-state index in [1.807, 2.05) is 6.26 Å². The Morgan fingerprint density at radius 3 is 2.72 bits per heavy atom. The molecule has 3 fully saturated rings. The summed E-state index contributed by atoms with van der Waals surface area (Å²) >= 11 is 0. The molecule has 4 nitrogen and oxygen atoms in total. The second kappa shape index (κ2) is 9.37. The van der Waals surface area contributed by atoms with Crippen LogP contribution in [0.25, 0.3) is 0 Å². The molecule has 4 heteroatoms. The van der Waals surface area contributed by atoms with Crippen molar-refractivity contribution in [3.63, 3.8) is 0 Å². The number of carbonyl (C=O) groups is 1. The predicted octanol–water partition coefficient (Wildman–Crippen LogP) is 6.40. The number of piperidine rings is 1. The molecule has 0 aromatic carbocycles. The highest BCUT2D eigenvalue weighted by molar-refractivity contribution is 5.77. The monoisotopic (exact) mass is 441 g/mol. The number of carbonyl (C=O) groups excluding carboxylic acids is 1. The SMILES string of the molecule is C=C1CC[C@@H]2[C@](C)(CCC[C@@]2(C)C(=O)OC)[C@H]1CCc1ccoc1CN1CCC(C)CC1. The van der Waals surface area contributed by atoms with Crippen molar-refractivity contribution in [2.45, 2.75) is 85.1 Å². The molecular weight excluding hydrogens is 398 g/mol. The molecular formula is C28H43NO3. The van der Waals surface area contributed by atoms with Gasteiger partial charge in [0.1, 0.15) is 5.76 Å². The van der Waals surface area contributed by atoms with Gasteiger partial charge in [0.15, 0.2) is 0 Å². The number of nitrogens with zero attached hydrogens (tertiary/aromatic N) is 1. The Kier molecular flexibility index (Phi) is 6.91. The highest BCUT2D eigenvalue weighted by atomic mass is 16.5. The second-order valence-electron chi connectivity index (χ2n) is 11.4. The number of allylic oxidation sites excluding steroid dienone is 1. The average molecular weight is 442 g/mol. The third kappa shape index (κ3) is 4.32. The van der Waals surface area contributed by atoms with E-state index in [9.17, 15) is 4.79 Å². The highest BCUT2D eigenvalue weighted by Gasteiger charge is 2.57. The minimum Gasteiger partial charge on any atom is -0.469 e. The molecule has 32 heavy (non-hydrogen) atoms. The molecule has 1 saturated heterocycles. The van der Waals surface area contributed by atoms with E-state index < -0.39 is 0 Å². The third-order valence-corrected chi connectivity index (χ3v) is 9.45. The molecule has 0 amide bonds. The van der Waals surface area contributed by atoms with E-state index in [0.29, 0.717) is 11.8 Å². The van der Waals surface area contributed by atoms with Crippen molar-refractivity contribution in [1.82, 2.24) is 4.90 Å². The van der Waals surface area contributed by atoms with E-state index in [1.54, 1.807) is 7.11 Å². The zero-order valence-electron chi connectivity index (χ0n) is 20.8. The van der Waals surface area contributed by atoms with Gasteiger partial charge in [-0.05, 0) is 106 Å². The number of esters is 1. The molecule has 4 atom stereocenters. The summed E-state index contributed by atoms with van der Waals surface area (Å²) in [5.74, 6) is 2.79. The molecule has 0 unspecified atom stereocenters. The van der Waals surface area contributed by atoms with Gasteiger partial charge in [-0.15, -0.1) is 0 Å². The van der Waals surface area contributed by atoms with Crippen LogP contribution in [0.3, 0.4) is 0 Å². The Hall–Kier alpha value is -1.55. The summed E-state index contributed by atoms with van der Waals surface area (Å²) in [6, 6.07) is 2.17. The van der Waals surface area contributed by atoms with Crippen LogP contribution >= 0.6 is 0 Å². The first-order valence-electron chi connectivity index (χ1n) is 12.8. The Morgan fingerprint density at radius 2 is 2.00 bits per heavy atom. The van der Waals surface area contributed by atoms with Crippen LogP contribution in [-0.4, -0.2) is 31.1 Å². The molecule has 2 aliphatic carbocycles. The summed E-state index contributed by atoms with van der Waals surface area (Å²) in [7, 11) is 1.54. The molecule has 0 radical (unpaired) electrons. The number of aryl methyl sites for hydroxylation is 1. The van der Waals surface area contributed by atoms with Crippen molar-refractivity contribution in [2.75, 3.05) is 20.2 Å². The maximum absolute atomic E-state index is 12.8. The topological polar surface area (TPSA) is 42.7 Å². The second-order valence-corrected chi connectivity index (χ2v) is 11.4. The lowest BCUT2D eigenvalue weighted by molar-refractivity contribution is -0.168. The molecule has 4 rings (SSSR count). The normalized spacial score (nSPS) is 34.3. The van der Waals surface area contributed by atoms with Crippen molar-refractivity contribution in [3.05, 3.63) is 35.8 Å². The van der Waals surface area contributed by atoms with Gasteiger partial charge in [0, 0.05) is 0 Å². The quantitative estimate of drug-likeness (QED) is 0.379. The van der Waals surface area contributed by atoms with Crippen LogP contribution in [0.15, 0.2) is 28.9 Å². The molecule has 3 aliphatic rings. The van der Waals surface area contributed by atoms with E-state index in [-0.39, 0.29) is 16.8 Å². The van der Waals surface area contributed by atoms with E-state index in [4.69, 9.17) is 9.15 Å². The van der Waals surface area contributed by atoms with Gasteiger partial charge in [-0.1, -0.05) is 32.4 Å². The number of ether oxygens (including phenoxy) is 1. The zero-order valence-corrected chi connectivity index (χ0v) is 20.8. The third-order valence-electron chi connectivity index (χ3n) is 9.45. The first-order chi connectivity index (χ1) is 15.3. The molecule has 0 bridgehead atoms. The minimum absolute atomic E-state index is 0.0207. The van der Waals surface area contributed by atoms with Crippen molar-refractivity contribution >= 4 is 5.97 Å². The number of hydrogen-bond acceptors (Lipinski definition) is 4. The van der Waals surface area contributed by atoms with Crippen molar-refractivity contribution in [2.24, 2.45) is 28.6 Å². The fourth-order valence-corrected chi connectivity index (χ4v) is 7.41. The van der Waals surface area contributed by atoms with Gasteiger partial charge in [0.05, 0.1) is 25.3 Å². The van der Waals surface area contributed by atoms with Crippen molar-refractivity contribution < 1.29 is 13.9 Å². The summed E-state index contributed by atoms with van der Waals surface area (Å²) < 4.78 is 11.2. The Morgan fingerprint density at radius 1 is 1.25 bits per heavy atom. The average Bonchev–Trinajstić information content (AvgIpc) is 3.21. The van der Waals surface area contributed by atoms with Crippen LogP contribution in [0.1, 0.15) is 83.5 Å². The van der Waals surface area contributed by atoms with Gasteiger partial charge in [-0.3, -0.25) is 9.69 Å². The molecule has 178 valence electrons. The maximum atomic E-state index is 12.8. The van der Waals surface area contributed by atoms with Crippen LogP contribution in [0.2, 0.25) is 0 Å². The lowest BCUT2D eigenvalue weighted by atomic mass is 9.46. The Labute approximate surface area is 194 Å². The summed E-state index contributed by atoms with van der Waals surface area (Å²) in [6.45, 7) is 14.7. The molecule has 1 aromatic rings. The molecule has 0 spiro atoms. The number of methoxy groups -OCH3 is 1. The number of rotatable bonds is 6. The fourth-order valence-electron chi connectivity index (χ4n) is 7.41. The lowest BCUT2D eigenvalue weighted by Gasteiger charge is -2.57. The van der Waals surface area contributed by atoms with Gasteiger partial charge >= 0.3 is 5.97 Å². The van der Waals surface area contributed by atoms with E-state index in [1.165, 1.54) is 43.5 Å². The number of likely N-dealkylation sites (tertiary alicyclic amines) is 1. The maximum Gasteiger partial charge on any atom is 0.311 e. The first kappa shape index (κ1) is 23.6. The highest BCUT2D eigenvalue weighted by Crippen LogP contribution is 2.62. The van der Waals surface area contributed by atoms with Crippen molar-refractivity contribution in [3.8, 4) is 0 Å². The summed E-state index contributed by atoms with van der Waals surface area (Å²) in [4.78, 5) is 15.4. The molecule has 0 N–H and O–H groups in total. The smallest absolute Gasteiger partial charge is 0.311 e. The lowest BCUT2D eigenvalue weighted by Crippen LogP contribution is -2.53.